The summed E-state index contributed by atoms with van der Waals surface area (Å²) in [6.07, 6.45) is 5.54. The largest absolute Gasteiger partial charge is 0.390 e. The fraction of sp³-hybridized carbons (Fsp3) is 0.750. The van der Waals surface area contributed by atoms with E-state index in [1.165, 1.54) is 25.7 Å². The van der Waals surface area contributed by atoms with Crippen LogP contribution < -0.4 is 21.6 Å². The Morgan fingerprint density at radius 3 is 2.24 bits per heavy atom. The molecule has 0 spiro atoms. The topological polar surface area (TPSA) is 135 Å². The van der Waals surface area contributed by atoms with Crippen LogP contribution in [0.25, 0.3) is 0 Å². The number of nitrogens with zero attached hydrogens (tertiary/aromatic N) is 1. The van der Waals surface area contributed by atoms with Crippen LogP contribution in [-0.4, -0.2) is 83.5 Å². The van der Waals surface area contributed by atoms with Gasteiger partial charge < -0.3 is 21.1 Å². The first-order valence-corrected chi connectivity index (χ1v) is 15.8. The monoisotopic (exact) mass is 591 g/mol. The lowest BCUT2D eigenvalue weighted by atomic mass is 9.72. The van der Waals surface area contributed by atoms with Gasteiger partial charge in [-0.15, -0.1) is 0 Å². The summed E-state index contributed by atoms with van der Waals surface area (Å²) in [4.78, 5) is 32.5. The summed E-state index contributed by atoms with van der Waals surface area (Å²) in [6.45, 7) is 14.0. The number of fused-ring (bicyclic) bond motifs is 1. The lowest BCUT2D eigenvalue weighted by Crippen LogP contribution is -2.59. The van der Waals surface area contributed by atoms with E-state index in [0.717, 1.165) is 25.1 Å². The highest BCUT2D eigenvalue weighted by Crippen LogP contribution is 2.38. The van der Waals surface area contributed by atoms with E-state index in [1.807, 2.05) is 58.0 Å². The summed E-state index contributed by atoms with van der Waals surface area (Å²) in [7, 11) is 0. The van der Waals surface area contributed by atoms with Gasteiger partial charge in [-0.2, -0.15) is 0 Å². The van der Waals surface area contributed by atoms with Crippen molar-refractivity contribution >= 4 is 11.8 Å². The number of hydrogen-bond donors (Lipinski definition) is 6. The Hall–Kier alpha value is -2.08. The van der Waals surface area contributed by atoms with Gasteiger partial charge in [0.2, 0.25) is 11.8 Å². The minimum atomic E-state index is -0.784. The number of benzene rings is 1. The quantitative estimate of drug-likeness (QED) is 0.182. The number of piperidine rings is 1. The van der Waals surface area contributed by atoms with Gasteiger partial charge in [-0.05, 0) is 76.8 Å². The van der Waals surface area contributed by atoms with E-state index in [9.17, 15) is 14.7 Å². The molecule has 2 aliphatic rings. The first-order valence-electron chi connectivity index (χ1n) is 15.8. The number of carbonyl (C=O) groups excluding carboxylic acids is 2. The third-order valence-corrected chi connectivity index (χ3v) is 7.89. The number of β-amino-alcohol motifs (C(OH)–C–C–N with tert-alkyl or cyclic N) is 1. The highest BCUT2D eigenvalue weighted by molar-refractivity contribution is 5.82. The summed E-state index contributed by atoms with van der Waals surface area (Å²) in [5, 5.41) is 28.6. The first kappa shape index (κ1) is 36.1. The molecule has 2 amide bonds. The minimum absolute atomic E-state index is 0.0370. The van der Waals surface area contributed by atoms with Crippen molar-refractivity contribution in [1.29, 1.82) is 0 Å². The van der Waals surface area contributed by atoms with Gasteiger partial charge in [-0.3, -0.25) is 24.5 Å². The number of aliphatic hydroxyl groups is 1. The van der Waals surface area contributed by atoms with Crippen molar-refractivity contribution in [2.45, 2.75) is 110 Å². The molecule has 5 atom stereocenters. The molecule has 0 radical (unpaired) electrons. The van der Waals surface area contributed by atoms with Crippen molar-refractivity contribution in [2.24, 2.45) is 17.8 Å². The van der Waals surface area contributed by atoms with E-state index >= 15 is 0 Å². The van der Waals surface area contributed by atoms with Crippen LogP contribution in [0.4, 0.5) is 0 Å². The van der Waals surface area contributed by atoms with Crippen LogP contribution in [0.2, 0.25) is 0 Å². The maximum absolute atomic E-state index is 13.2. The van der Waals surface area contributed by atoms with Crippen LogP contribution in [0.3, 0.4) is 0 Å². The van der Waals surface area contributed by atoms with Crippen LogP contribution in [0.5, 0.6) is 0 Å². The molecule has 2 fully saturated rings. The zero-order valence-corrected chi connectivity index (χ0v) is 26.6. The number of nitrogens with one attached hydrogen (secondary N) is 4. The smallest absolute Gasteiger partial charge is 0.237 e. The van der Waals surface area contributed by atoms with Gasteiger partial charge in [0.1, 0.15) is 0 Å². The van der Waals surface area contributed by atoms with E-state index < -0.39 is 12.1 Å². The van der Waals surface area contributed by atoms with Crippen LogP contribution in [-0.2, 0) is 20.8 Å². The Bertz CT molecular complexity index is 901. The Labute approximate surface area is 253 Å². The van der Waals surface area contributed by atoms with Crippen molar-refractivity contribution in [3.63, 3.8) is 0 Å². The molecule has 1 aliphatic carbocycles. The van der Waals surface area contributed by atoms with Gasteiger partial charge in [0.15, 0.2) is 0 Å². The second-order valence-corrected chi connectivity index (χ2v) is 12.9. The molecule has 10 nitrogen and oxygen atoms in total. The standard InChI is InChI=1S/C29H48N4O3.C3H9NO2/c1-20(2)16-30-17-28(35)32-25(14-22-10-6-5-7-11-22)27(34)19-33-18-24-13-9-8-12-23(24)15-26(33)29(36)31-21(3)4;1-3(2)6-4-5/h5-7,10-11,20-21,23-27,30,34H,8-9,12-19H2,1-4H3,(H,31,36)(H,32,35);3-5H,1-2H3. The van der Waals surface area contributed by atoms with Gasteiger partial charge in [-0.25, -0.2) is 0 Å². The predicted molar refractivity (Wildman–Crippen MR) is 166 cm³/mol. The number of carbonyl (C=O) groups is 2. The highest BCUT2D eigenvalue weighted by Gasteiger charge is 2.41. The third-order valence-electron chi connectivity index (χ3n) is 7.89. The molecule has 1 aromatic carbocycles. The zero-order valence-electron chi connectivity index (χ0n) is 26.6. The van der Waals surface area contributed by atoms with Gasteiger partial charge in [-0.1, -0.05) is 69.1 Å². The third kappa shape index (κ3) is 13.5. The summed E-state index contributed by atoms with van der Waals surface area (Å²) < 4.78 is 0. The molecule has 5 unspecified atom stereocenters. The van der Waals surface area contributed by atoms with E-state index in [1.54, 1.807) is 5.64 Å². The molecule has 1 saturated carbocycles. The molecule has 6 N–H and O–H groups in total. The first-order chi connectivity index (χ1) is 20.0. The molecule has 10 heteroatoms. The molecule has 1 aromatic rings. The van der Waals surface area contributed by atoms with E-state index in [-0.39, 0.29) is 36.5 Å². The number of rotatable bonds is 14. The fourth-order valence-electron chi connectivity index (χ4n) is 5.91. The van der Waals surface area contributed by atoms with E-state index in [4.69, 9.17) is 5.21 Å². The normalized spacial score (nSPS) is 22.2. The molecule has 240 valence electrons. The van der Waals surface area contributed by atoms with Crippen LogP contribution in [0, 0.1) is 17.8 Å². The van der Waals surface area contributed by atoms with E-state index in [0.29, 0.717) is 30.7 Å². The summed E-state index contributed by atoms with van der Waals surface area (Å²) in [5.41, 5.74) is 2.63. The van der Waals surface area contributed by atoms with E-state index in [2.05, 4.69) is 39.5 Å². The lowest BCUT2D eigenvalue weighted by molar-refractivity contribution is -0.152. The summed E-state index contributed by atoms with van der Waals surface area (Å²) in [5.74, 6) is 1.57. The maximum atomic E-state index is 13.2. The van der Waals surface area contributed by atoms with Crippen molar-refractivity contribution in [3.8, 4) is 0 Å². The lowest BCUT2D eigenvalue weighted by Gasteiger charge is -2.46. The Morgan fingerprint density at radius 2 is 1.67 bits per heavy atom. The van der Waals surface area contributed by atoms with Gasteiger partial charge in [0.05, 0.1) is 30.8 Å². The Kier molecular flexibility index (Phi) is 16.6. The second kappa shape index (κ2) is 19.2. The number of aliphatic hydroxyl groups excluding tert-OH is 1. The number of amides is 2. The molecule has 1 heterocycles. The van der Waals surface area contributed by atoms with Crippen molar-refractivity contribution in [3.05, 3.63) is 35.9 Å². The summed E-state index contributed by atoms with van der Waals surface area (Å²) >= 11 is 0. The van der Waals surface area contributed by atoms with Crippen molar-refractivity contribution in [2.75, 3.05) is 26.2 Å². The Morgan fingerprint density at radius 1 is 1.00 bits per heavy atom. The second-order valence-electron chi connectivity index (χ2n) is 12.9. The molecular formula is C32H57N5O5. The molecule has 1 aliphatic heterocycles. The molecular weight excluding hydrogens is 534 g/mol. The SMILES string of the molecule is CC(C)CNCC(=O)NC(Cc1ccccc1)C(O)CN1CC2CCCCC2CC1C(=O)NC(C)C.CC(C)ONO. The van der Waals surface area contributed by atoms with Crippen LogP contribution in [0.1, 0.15) is 79.2 Å². The number of likely N-dealkylation sites (tertiary alicyclic amines) is 1. The Balaban J connectivity index is 0.000000928. The molecule has 42 heavy (non-hydrogen) atoms. The van der Waals surface area contributed by atoms with Crippen LogP contribution in [0.15, 0.2) is 30.3 Å². The van der Waals surface area contributed by atoms with Crippen molar-refractivity contribution in [1.82, 2.24) is 26.5 Å². The minimum Gasteiger partial charge on any atom is -0.390 e. The van der Waals surface area contributed by atoms with Crippen LogP contribution >= 0.6 is 0 Å². The van der Waals surface area contributed by atoms with Gasteiger partial charge in [0, 0.05) is 19.1 Å². The average Bonchev–Trinajstić information content (AvgIpc) is 2.92. The fourth-order valence-corrected chi connectivity index (χ4v) is 5.91. The summed E-state index contributed by atoms with van der Waals surface area (Å²) in [6, 6.07) is 9.38. The highest BCUT2D eigenvalue weighted by atomic mass is 16.8. The van der Waals surface area contributed by atoms with Crippen molar-refractivity contribution < 1.29 is 24.7 Å². The maximum Gasteiger partial charge on any atom is 0.237 e. The molecule has 3 rings (SSSR count). The number of hydrogen-bond acceptors (Lipinski definition) is 8. The predicted octanol–water partition coefficient (Wildman–Crippen LogP) is 3.03. The van der Waals surface area contributed by atoms with Gasteiger partial charge in [0.25, 0.3) is 0 Å². The zero-order chi connectivity index (χ0) is 31.1. The molecule has 0 bridgehead atoms. The van der Waals surface area contributed by atoms with Gasteiger partial charge >= 0.3 is 0 Å². The average molecular weight is 592 g/mol. The molecule has 0 aromatic heterocycles. The molecule has 1 saturated heterocycles.